The molecule has 1 aromatic heterocycles. The lowest BCUT2D eigenvalue weighted by molar-refractivity contribution is -0.132. The van der Waals surface area contributed by atoms with Gasteiger partial charge >= 0.3 is 6.03 Å². The first kappa shape index (κ1) is 22.4. The Hall–Kier alpha value is -3.42. The molecule has 5 amide bonds. The lowest BCUT2D eigenvalue weighted by Crippen LogP contribution is -2.57. The first-order valence-corrected chi connectivity index (χ1v) is 12.3. The number of carbonyl (C=O) groups excluding carboxylic acids is 4. The van der Waals surface area contributed by atoms with Crippen molar-refractivity contribution in [1.29, 1.82) is 0 Å². The molecule has 0 spiro atoms. The largest absolute Gasteiger partial charge is 0.341 e. The lowest BCUT2D eigenvalue weighted by atomic mass is 10.0. The maximum Gasteiger partial charge on any atom is 0.331 e. The number of nitrogens with zero attached hydrogens (tertiary/aromatic N) is 3. The van der Waals surface area contributed by atoms with Gasteiger partial charge in [-0.15, -0.1) is 0 Å². The minimum absolute atomic E-state index is 0.0479. The summed E-state index contributed by atoms with van der Waals surface area (Å²) >= 11 is 0. The Balaban J connectivity index is 1.46. The lowest BCUT2D eigenvalue weighted by Gasteiger charge is -2.31. The number of benzene rings is 1. The van der Waals surface area contributed by atoms with Gasteiger partial charge in [0.05, 0.1) is 0 Å². The monoisotopic (exact) mass is 462 g/mol. The van der Waals surface area contributed by atoms with Crippen molar-refractivity contribution in [3.63, 3.8) is 0 Å². The molecule has 1 saturated carbocycles. The van der Waals surface area contributed by atoms with E-state index in [1.807, 2.05) is 39.9 Å². The van der Waals surface area contributed by atoms with E-state index < -0.39 is 17.8 Å². The predicted octanol–water partition coefficient (Wildman–Crippen LogP) is 3.45. The van der Waals surface area contributed by atoms with Crippen LogP contribution in [0.3, 0.4) is 0 Å². The Kier molecular flexibility index (Phi) is 6.22. The summed E-state index contributed by atoms with van der Waals surface area (Å²) < 4.78 is 1.89. The maximum atomic E-state index is 13.2. The molecule has 178 valence electrons. The molecule has 8 heteroatoms. The van der Waals surface area contributed by atoms with Gasteiger partial charge in [0.2, 0.25) is 5.91 Å². The molecule has 1 aliphatic carbocycles. The Morgan fingerprint density at radius 3 is 2.41 bits per heavy atom. The Labute approximate surface area is 198 Å². The highest BCUT2D eigenvalue weighted by molar-refractivity contribution is 6.31. The highest BCUT2D eigenvalue weighted by Crippen LogP contribution is 2.29. The van der Waals surface area contributed by atoms with E-state index in [-0.39, 0.29) is 24.1 Å². The zero-order chi connectivity index (χ0) is 23.7. The summed E-state index contributed by atoms with van der Waals surface area (Å²) in [7, 11) is 0. The summed E-state index contributed by atoms with van der Waals surface area (Å²) in [5.74, 6) is -1.15. The van der Waals surface area contributed by atoms with Gasteiger partial charge in [0, 0.05) is 41.8 Å². The third-order valence-electron chi connectivity index (χ3n) is 7.21. The van der Waals surface area contributed by atoms with Crippen LogP contribution in [0, 0.1) is 0 Å². The van der Waals surface area contributed by atoms with Crippen LogP contribution in [0.5, 0.6) is 0 Å². The summed E-state index contributed by atoms with van der Waals surface area (Å²) in [6.45, 7) is 1.78. The fourth-order valence-electron chi connectivity index (χ4n) is 5.41. The number of amides is 5. The topological polar surface area (TPSA) is 91.7 Å². The van der Waals surface area contributed by atoms with Crippen LogP contribution in [-0.4, -0.2) is 57.3 Å². The van der Waals surface area contributed by atoms with Crippen molar-refractivity contribution in [2.24, 2.45) is 0 Å². The van der Waals surface area contributed by atoms with Crippen LogP contribution < -0.4 is 5.32 Å². The number of imide groups is 2. The molecule has 34 heavy (non-hydrogen) atoms. The Bertz CT molecular complexity index is 1170. The second-order valence-electron chi connectivity index (χ2n) is 9.46. The van der Waals surface area contributed by atoms with Crippen molar-refractivity contribution in [3.05, 3.63) is 41.6 Å². The number of barbiturate groups is 1. The van der Waals surface area contributed by atoms with Gasteiger partial charge in [0.25, 0.3) is 11.8 Å². The third-order valence-corrected chi connectivity index (χ3v) is 7.21. The van der Waals surface area contributed by atoms with E-state index in [4.69, 9.17) is 0 Å². The van der Waals surface area contributed by atoms with E-state index in [9.17, 15) is 19.2 Å². The molecule has 1 aromatic carbocycles. The summed E-state index contributed by atoms with van der Waals surface area (Å²) in [6.07, 6.45) is 11.2. The second kappa shape index (κ2) is 9.44. The summed E-state index contributed by atoms with van der Waals surface area (Å²) in [4.78, 5) is 54.4. The molecule has 8 nitrogen and oxygen atoms in total. The standard InChI is InChI=1S/C26H30N4O4/c31-23(28-13-7-1-2-8-14-28)17-29-16-18(20-11-5-6-12-22(20)29)15-21-24(32)27-26(34)30(25(21)33)19-9-3-4-10-19/h5-6,11-12,15-16,19H,1-4,7-10,13-14,17H2,(H,27,32,34)/b21-15-. The molecular weight excluding hydrogens is 432 g/mol. The summed E-state index contributed by atoms with van der Waals surface area (Å²) in [5.41, 5.74) is 1.50. The van der Waals surface area contributed by atoms with E-state index in [0.29, 0.717) is 5.56 Å². The average Bonchev–Trinajstić information content (AvgIpc) is 3.36. The second-order valence-corrected chi connectivity index (χ2v) is 9.46. The fourth-order valence-corrected chi connectivity index (χ4v) is 5.41. The Morgan fingerprint density at radius 1 is 0.971 bits per heavy atom. The van der Waals surface area contributed by atoms with Gasteiger partial charge in [0.15, 0.2) is 0 Å². The van der Waals surface area contributed by atoms with Crippen LogP contribution in [-0.2, 0) is 20.9 Å². The van der Waals surface area contributed by atoms with Gasteiger partial charge in [-0.05, 0) is 37.8 Å². The first-order valence-electron chi connectivity index (χ1n) is 12.3. The quantitative estimate of drug-likeness (QED) is 0.557. The highest BCUT2D eigenvalue weighted by atomic mass is 16.2. The molecular formula is C26H30N4O4. The number of carbonyl (C=O) groups is 4. The number of nitrogens with one attached hydrogen (secondary N) is 1. The predicted molar refractivity (Wildman–Crippen MR) is 128 cm³/mol. The van der Waals surface area contributed by atoms with Crippen LogP contribution in [0.15, 0.2) is 36.0 Å². The van der Waals surface area contributed by atoms with E-state index in [1.54, 1.807) is 6.08 Å². The number of aromatic nitrogens is 1. The average molecular weight is 463 g/mol. The van der Waals surface area contributed by atoms with Crippen LogP contribution in [0.1, 0.15) is 56.9 Å². The number of rotatable bonds is 4. The van der Waals surface area contributed by atoms with Gasteiger partial charge in [-0.3, -0.25) is 24.6 Å². The summed E-state index contributed by atoms with van der Waals surface area (Å²) in [5, 5.41) is 3.18. The van der Waals surface area contributed by atoms with E-state index in [0.717, 1.165) is 75.4 Å². The molecule has 3 heterocycles. The number of urea groups is 1. The van der Waals surface area contributed by atoms with E-state index in [1.165, 1.54) is 4.90 Å². The maximum absolute atomic E-state index is 13.2. The molecule has 2 aromatic rings. The Morgan fingerprint density at radius 2 is 1.68 bits per heavy atom. The minimum atomic E-state index is -0.679. The zero-order valence-corrected chi connectivity index (χ0v) is 19.3. The summed E-state index contributed by atoms with van der Waals surface area (Å²) in [6, 6.07) is 6.85. The van der Waals surface area contributed by atoms with E-state index in [2.05, 4.69) is 5.32 Å². The normalized spacial score (nSPS) is 21.4. The van der Waals surface area contributed by atoms with Gasteiger partial charge in [-0.1, -0.05) is 43.9 Å². The van der Waals surface area contributed by atoms with Crippen molar-refractivity contribution in [3.8, 4) is 0 Å². The van der Waals surface area contributed by atoms with Gasteiger partial charge < -0.3 is 9.47 Å². The first-order chi connectivity index (χ1) is 16.5. The van der Waals surface area contributed by atoms with Gasteiger partial charge in [0.1, 0.15) is 12.1 Å². The minimum Gasteiger partial charge on any atom is -0.341 e. The molecule has 3 fully saturated rings. The van der Waals surface area contributed by atoms with Crippen molar-refractivity contribution in [2.75, 3.05) is 13.1 Å². The highest BCUT2D eigenvalue weighted by Gasteiger charge is 2.40. The number of hydrogen-bond donors (Lipinski definition) is 1. The number of hydrogen-bond acceptors (Lipinski definition) is 4. The van der Waals surface area contributed by atoms with Crippen molar-refractivity contribution < 1.29 is 19.2 Å². The van der Waals surface area contributed by atoms with Crippen LogP contribution >= 0.6 is 0 Å². The molecule has 0 bridgehead atoms. The van der Waals surface area contributed by atoms with Crippen molar-refractivity contribution in [2.45, 2.75) is 64.0 Å². The molecule has 0 radical (unpaired) electrons. The smallest absolute Gasteiger partial charge is 0.331 e. The number of likely N-dealkylation sites (tertiary alicyclic amines) is 1. The molecule has 2 saturated heterocycles. The van der Waals surface area contributed by atoms with Gasteiger partial charge in [-0.2, -0.15) is 0 Å². The SMILES string of the molecule is O=C1NC(=O)N(C2CCCC2)C(=O)/C1=C\c1cn(CC(=O)N2CCCCCC2)c2ccccc12. The van der Waals surface area contributed by atoms with Gasteiger partial charge in [-0.25, -0.2) is 4.79 Å². The molecule has 1 N–H and O–H groups in total. The van der Waals surface area contributed by atoms with Crippen LogP contribution in [0.2, 0.25) is 0 Å². The number of fused-ring (bicyclic) bond motifs is 1. The zero-order valence-electron chi connectivity index (χ0n) is 19.3. The van der Waals surface area contributed by atoms with Crippen molar-refractivity contribution in [1.82, 2.24) is 19.7 Å². The van der Waals surface area contributed by atoms with E-state index >= 15 is 0 Å². The van der Waals surface area contributed by atoms with Crippen molar-refractivity contribution >= 4 is 40.7 Å². The third kappa shape index (κ3) is 4.24. The number of para-hydroxylation sites is 1. The molecule has 0 unspecified atom stereocenters. The fraction of sp³-hybridized carbons (Fsp3) is 0.462. The van der Waals surface area contributed by atoms with Crippen LogP contribution in [0.25, 0.3) is 17.0 Å². The van der Waals surface area contributed by atoms with Crippen LogP contribution in [0.4, 0.5) is 4.79 Å². The molecule has 2 aliphatic heterocycles. The molecule has 3 aliphatic rings. The molecule has 0 atom stereocenters. The molecule has 5 rings (SSSR count).